The summed E-state index contributed by atoms with van der Waals surface area (Å²) in [6, 6.07) is 9.20. The quantitative estimate of drug-likeness (QED) is 0.505. The Hall–Kier alpha value is -2.32. The minimum absolute atomic E-state index is 0.102. The molecule has 0 amide bonds. The van der Waals surface area contributed by atoms with Crippen molar-refractivity contribution in [2.45, 2.75) is 20.4 Å². The van der Waals surface area contributed by atoms with Gasteiger partial charge in [0.1, 0.15) is 5.00 Å². The van der Waals surface area contributed by atoms with E-state index in [9.17, 15) is 10.1 Å². The van der Waals surface area contributed by atoms with Crippen LogP contribution in [0.4, 0.5) is 21.4 Å². The molecule has 0 aliphatic rings. The highest BCUT2D eigenvalue weighted by Crippen LogP contribution is 2.29. The second-order valence-corrected chi connectivity index (χ2v) is 5.93. The average molecular weight is 335 g/mol. The van der Waals surface area contributed by atoms with Gasteiger partial charge < -0.3 is 10.6 Å². The van der Waals surface area contributed by atoms with E-state index in [2.05, 4.69) is 35.7 Å². The van der Waals surface area contributed by atoms with Gasteiger partial charge in [-0.25, -0.2) is 0 Å². The van der Waals surface area contributed by atoms with Crippen LogP contribution < -0.4 is 21.5 Å². The Morgan fingerprint density at radius 1 is 1.22 bits per heavy atom. The first-order valence-corrected chi connectivity index (χ1v) is 8.24. The molecule has 0 fully saturated rings. The lowest BCUT2D eigenvalue weighted by Crippen LogP contribution is -2.22. The maximum Gasteiger partial charge on any atom is 0.326 e. The maximum absolute atomic E-state index is 10.7. The van der Waals surface area contributed by atoms with E-state index in [0.717, 1.165) is 41.4 Å². The second-order valence-electron chi connectivity index (χ2n) is 4.86. The van der Waals surface area contributed by atoms with E-state index in [1.54, 1.807) is 6.07 Å². The van der Waals surface area contributed by atoms with Crippen molar-refractivity contribution in [2.24, 2.45) is 5.73 Å². The van der Waals surface area contributed by atoms with E-state index in [4.69, 9.17) is 5.73 Å². The predicted molar refractivity (Wildman–Crippen MR) is 96.1 cm³/mol. The van der Waals surface area contributed by atoms with Gasteiger partial charge in [-0.15, -0.1) is 0 Å². The average Bonchev–Trinajstić information content (AvgIpc) is 3.03. The van der Waals surface area contributed by atoms with E-state index in [1.807, 2.05) is 12.1 Å². The molecule has 0 bridgehead atoms. The van der Waals surface area contributed by atoms with Gasteiger partial charge in [0, 0.05) is 31.4 Å². The molecule has 1 heterocycles. The van der Waals surface area contributed by atoms with Crippen molar-refractivity contribution in [2.75, 3.05) is 28.8 Å². The van der Waals surface area contributed by atoms with E-state index >= 15 is 0 Å². The SMILES string of the molecule is CCN(CC)c1ccc(NNc2ccc([N+](=O)[O-])s2)c(CN)c1. The number of rotatable bonds is 8. The van der Waals surface area contributed by atoms with Crippen LogP contribution in [0.1, 0.15) is 19.4 Å². The van der Waals surface area contributed by atoms with Crippen LogP contribution in [-0.4, -0.2) is 18.0 Å². The number of nitrogens with zero attached hydrogens (tertiary/aromatic N) is 2. The molecule has 8 heteroatoms. The Labute approximate surface area is 139 Å². The molecule has 7 nitrogen and oxygen atoms in total. The monoisotopic (exact) mass is 335 g/mol. The van der Waals surface area contributed by atoms with Gasteiger partial charge in [-0.05, 0) is 55.0 Å². The standard InChI is InChI=1S/C15H21N5O2S/c1-3-19(4-2)12-5-6-13(11(9-12)10-16)17-18-14-7-8-15(23-14)20(21)22/h5-9,17-18H,3-4,10,16H2,1-2H3. The third kappa shape index (κ3) is 4.11. The lowest BCUT2D eigenvalue weighted by molar-refractivity contribution is -0.380. The molecule has 1 aromatic carbocycles. The summed E-state index contributed by atoms with van der Waals surface area (Å²) >= 11 is 1.08. The van der Waals surface area contributed by atoms with Crippen LogP contribution in [0.25, 0.3) is 0 Å². The highest BCUT2D eigenvalue weighted by Gasteiger charge is 2.10. The summed E-state index contributed by atoms with van der Waals surface area (Å²) in [5.41, 5.74) is 14.9. The van der Waals surface area contributed by atoms with Crippen LogP contribution >= 0.6 is 11.3 Å². The smallest absolute Gasteiger partial charge is 0.326 e. The van der Waals surface area contributed by atoms with Gasteiger partial charge in [0.2, 0.25) is 0 Å². The van der Waals surface area contributed by atoms with Crippen molar-refractivity contribution in [3.8, 4) is 0 Å². The Morgan fingerprint density at radius 2 is 1.96 bits per heavy atom. The molecule has 0 aliphatic carbocycles. The summed E-state index contributed by atoms with van der Waals surface area (Å²) in [6.07, 6.45) is 0. The third-order valence-electron chi connectivity index (χ3n) is 3.53. The lowest BCUT2D eigenvalue weighted by atomic mass is 10.1. The molecular weight excluding hydrogens is 314 g/mol. The van der Waals surface area contributed by atoms with Gasteiger partial charge in [0.25, 0.3) is 0 Å². The Morgan fingerprint density at radius 3 is 2.52 bits per heavy atom. The molecule has 2 aromatic rings. The molecule has 0 radical (unpaired) electrons. The molecule has 0 unspecified atom stereocenters. The minimum Gasteiger partial charge on any atom is -0.372 e. The van der Waals surface area contributed by atoms with Gasteiger partial charge in [-0.2, -0.15) is 0 Å². The van der Waals surface area contributed by atoms with Crippen LogP contribution in [0.2, 0.25) is 0 Å². The summed E-state index contributed by atoms with van der Waals surface area (Å²) < 4.78 is 0. The molecule has 0 aliphatic heterocycles. The fourth-order valence-corrected chi connectivity index (χ4v) is 2.95. The van der Waals surface area contributed by atoms with E-state index < -0.39 is 4.92 Å². The molecule has 0 atom stereocenters. The number of nitrogens with two attached hydrogens (primary N) is 1. The molecule has 0 saturated heterocycles. The predicted octanol–water partition coefficient (Wildman–Crippen LogP) is 3.40. The summed E-state index contributed by atoms with van der Waals surface area (Å²) in [6.45, 7) is 6.50. The number of hydrazine groups is 1. The first-order chi connectivity index (χ1) is 11.1. The minimum atomic E-state index is -0.403. The summed E-state index contributed by atoms with van der Waals surface area (Å²) in [5, 5.41) is 11.5. The molecule has 0 saturated carbocycles. The number of nitro groups is 1. The maximum atomic E-state index is 10.7. The van der Waals surface area contributed by atoms with E-state index in [0.29, 0.717) is 11.5 Å². The molecule has 0 spiro atoms. The van der Waals surface area contributed by atoms with Crippen molar-refractivity contribution in [3.05, 3.63) is 46.0 Å². The van der Waals surface area contributed by atoms with Crippen LogP contribution in [0.5, 0.6) is 0 Å². The normalized spacial score (nSPS) is 10.4. The first kappa shape index (κ1) is 17.0. The van der Waals surface area contributed by atoms with Gasteiger partial charge in [-0.1, -0.05) is 0 Å². The number of thiophene rings is 1. The topological polar surface area (TPSA) is 96.5 Å². The molecule has 124 valence electrons. The van der Waals surface area contributed by atoms with Gasteiger partial charge in [-0.3, -0.25) is 21.0 Å². The molecular formula is C15H21N5O2S. The lowest BCUT2D eigenvalue weighted by Gasteiger charge is -2.23. The number of nitrogens with one attached hydrogen (secondary N) is 2. The molecule has 2 rings (SSSR count). The number of hydrogen-bond donors (Lipinski definition) is 3. The molecule has 23 heavy (non-hydrogen) atoms. The summed E-state index contributed by atoms with van der Waals surface area (Å²) in [5.74, 6) is 0. The largest absolute Gasteiger partial charge is 0.372 e. The Kier molecular flexibility index (Phi) is 5.78. The van der Waals surface area contributed by atoms with Crippen LogP contribution in [0.15, 0.2) is 30.3 Å². The number of hydrogen-bond acceptors (Lipinski definition) is 7. The first-order valence-electron chi connectivity index (χ1n) is 7.43. The zero-order valence-corrected chi connectivity index (χ0v) is 14.0. The van der Waals surface area contributed by atoms with E-state index in [-0.39, 0.29) is 5.00 Å². The van der Waals surface area contributed by atoms with Gasteiger partial charge in [0.15, 0.2) is 0 Å². The molecule has 4 N–H and O–H groups in total. The number of benzene rings is 1. The van der Waals surface area contributed by atoms with Crippen molar-refractivity contribution >= 4 is 32.7 Å². The van der Waals surface area contributed by atoms with Gasteiger partial charge in [0.05, 0.1) is 10.6 Å². The fourth-order valence-electron chi connectivity index (χ4n) is 2.28. The van der Waals surface area contributed by atoms with Crippen LogP contribution in [0, 0.1) is 10.1 Å². The summed E-state index contributed by atoms with van der Waals surface area (Å²) in [4.78, 5) is 12.5. The van der Waals surface area contributed by atoms with Crippen molar-refractivity contribution < 1.29 is 4.92 Å². The molecule has 1 aromatic heterocycles. The zero-order chi connectivity index (χ0) is 16.8. The fraction of sp³-hybridized carbons (Fsp3) is 0.333. The van der Waals surface area contributed by atoms with Gasteiger partial charge >= 0.3 is 5.00 Å². The second kappa shape index (κ2) is 7.80. The van der Waals surface area contributed by atoms with Crippen molar-refractivity contribution in [1.29, 1.82) is 0 Å². The summed E-state index contributed by atoms with van der Waals surface area (Å²) in [7, 11) is 0. The Balaban J connectivity index is 2.11. The zero-order valence-electron chi connectivity index (χ0n) is 13.2. The Bertz CT molecular complexity index is 670. The van der Waals surface area contributed by atoms with Crippen molar-refractivity contribution in [3.63, 3.8) is 0 Å². The number of anilines is 3. The van der Waals surface area contributed by atoms with Crippen molar-refractivity contribution in [1.82, 2.24) is 0 Å². The van der Waals surface area contributed by atoms with Crippen LogP contribution in [-0.2, 0) is 6.54 Å². The van der Waals surface area contributed by atoms with Crippen LogP contribution in [0.3, 0.4) is 0 Å². The third-order valence-corrected chi connectivity index (χ3v) is 4.48. The highest BCUT2D eigenvalue weighted by molar-refractivity contribution is 7.19. The highest BCUT2D eigenvalue weighted by atomic mass is 32.1. The van der Waals surface area contributed by atoms with E-state index in [1.165, 1.54) is 6.07 Å².